The van der Waals surface area contributed by atoms with Crippen LogP contribution in [0.25, 0.3) is 0 Å². The average molecular weight is 312 g/mol. The van der Waals surface area contributed by atoms with E-state index < -0.39 is 0 Å². The molecule has 0 aliphatic heterocycles. The highest BCUT2D eigenvalue weighted by Gasteiger charge is 2.31. The maximum atomic E-state index is 12.0. The first kappa shape index (κ1) is 19.0. The van der Waals surface area contributed by atoms with E-state index in [0.29, 0.717) is 19.1 Å². The largest absolute Gasteiger partial charge is 0.465 e. The molecule has 0 aromatic heterocycles. The second-order valence-corrected chi connectivity index (χ2v) is 6.80. The number of unbranched alkanes of at least 4 members (excludes halogenated alkanes) is 3. The van der Waals surface area contributed by atoms with Crippen LogP contribution in [0.1, 0.15) is 72.1 Å². The normalized spacial score (nSPS) is 21.6. The van der Waals surface area contributed by atoms with Crippen molar-refractivity contribution in [3.8, 4) is 0 Å². The predicted molar refractivity (Wildman–Crippen MR) is 86.3 cm³/mol. The van der Waals surface area contributed by atoms with Crippen LogP contribution in [0.15, 0.2) is 0 Å². The van der Waals surface area contributed by atoms with Crippen molar-refractivity contribution in [1.82, 2.24) is 0 Å². The maximum absolute atomic E-state index is 12.0. The molecule has 4 nitrogen and oxygen atoms in total. The maximum Gasteiger partial charge on any atom is 0.308 e. The molecule has 0 aromatic carbocycles. The number of hydrogen-bond donors (Lipinski definition) is 0. The van der Waals surface area contributed by atoms with Gasteiger partial charge in [-0.05, 0) is 38.0 Å². The molecule has 0 heterocycles. The first-order chi connectivity index (χ1) is 10.5. The second-order valence-electron chi connectivity index (χ2n) is 6.80. The van der Waals surface area contributed by atoms with E-state index in [1.807, 2.05) is 13.8 Å². The van der Waals surface area contributed by atoms with Crippen molar-refractivity contribution < 1.29 is 19.1 Å². The molecule has 1 aliphatic rings. The Balaban J connectivity index is 2.18. The Morgan fingerprint density at radius 2 is 1.45 bits per heavy atom. The van der Waals surface area contributed by atoms with E-state index in [-0.39, 0.29) is 23.8 Å². The smallest absolute Gasteiger partial charge is 0.308 e. The molecule has 0 N–H and O–H groups in total. The van der Waals surface area contributed by atoms with Gasteiger partial charge in [-0.3, -0.25) is 9.59 Å². The van der Waals surface area contributed by atoms with E-state index in [1.54, 1.807) is 0 Å². The van der Waals surface area contributed by atoms with Gasteiger partial charge in [-0.1, -0.05) is 40.0 Å². The van der Waals surface area contributed by atoms with E-state index in [4.69, 9.17) is 9.47 Å². The van der Waals surface area contributed by atoms with Crippen molar-refractivity contribution >= 4 is 11.9 Å². The lowest BCUT2D eigenvalue weighted by molar-refractivity contribution is -0.155. The number of hydrogen-bond acceptors (Lipinski definition) is 4. The first-order valence-corrected chi connectivity index (χ1v) is 8.87. The summed E-state index contributed by atoms with van der Waals surface area (Å²) in [4.78, 5) is 23.9. The van der Waals surface area contributed by atoms with Crippen molar-refractivity contribution in [1.29, 1.82) is 0 Å². The molecule has 0 radical (unpaired) electrons. The van der Waals surface area contributed by atoms with Gasteiger partial charge in [0.2, 0.25) is 0 Å². The summed E-state index contributed by atoms with van der Waals surface area (Å²) in [6, 6.07) is 0. The molecule has 0 saturated heterocycles. The fraction of sp³-hybridized carbons (Fsp3) is 0.889. The zero-order valence-corrected chi connectivity index (χ0v) is 14.4. The summed E-state index contributed by atoms with van der Waals surface area (Å²) in [7, 11) is 0. The summed E-state index contributed by atoms with van der Waals surface area (Å²) in [5.74, 6) is 0.126. The predicted octanol–water partition coefficient (Wildman–Crippen LogP) is 4.12. The lowest BCUT2D eigenvalue weighted by atomic mass is 9.82. The molecular formula is C18H32O4. The number of ether oxygens (including phenoxy) is 2. The van der Waals surface area contributed by atoms with Gasteiger partial charge in [0.1, 0.15) is 0 Å². The number of esters is 2. The van der Waals surface area contributed by atoms with Crippen LogP contribution in [0.2, 0.25) is 0 Å². The molecule has 1 aliphatic carbocycles. The molecule has 0 unspecified atom stereocenters. The van der Waals surface area contributed by atoms with Crippen molar-refractivity contribution in [3.05, 3.63) is 0 Å². The standard InChI is InChI=1S/C18H32O4/c1-4-5-6-7-12-21-17(19)15-8-10-16(11-9-15)18(20)22-13-14(2)3/h14-16H,4-13H2,1-3H3. The SMILES string of the molecule is CCCCCCOC(=O)C1CCC(C(=O)OCC(C)C)CC1. The van der Waals surface area contributed by atoms with E-state index in [2.05, 4.69) is 6.92 Å². The molecule has 1 saturated carbocycles. The summed E-state index contributed by atoms with van der Waals surface area (Å²) < 4.78 is 10.6. The Labute approximate surface area is 134 Å². The molecule has 0 spiro atoms. The van der Waals surface area contributed by atoms with Crippen molar-refractivity contribution in [2.75, 3.05) is 13.2 Å². The second kappa shape index (κ2) is 10.6. The molecule has 0 amide bonds. The zero-order valence-electron chi connectivity index (χ0n) is 14.4. The Morgan fingerprint density at radius 1 is 0.909 bits per heavy atom. The highest BCUT2D eigenvalue weighted by molar-refractivity contribution is 5.75. The minimum absolute atomic E-state index is 0.0275. The van der Waals surface area contributed by atoms with E-state index in [0.717, 1.165) is 38.5 Å². The third kappa shape index (κ3) is 7.28. The average Bonchev–Trinajstić information content (AvgIpc) is 2.52. The molecule has 0 atom stereocenters. The number of carbonyl (C=O) groups is 2. The molecule has 1 rings (SSSR count). The van der Waals surface area contributed by atoms with Gasteiger partial charge in [-0.2, -0.15) is 0 Å². The van der Waals surface area contributed by atoms with Gasteiger partial charge in [0.25, 0.3) is 0 Å². The molecular weight excluding hydrogens is 280 g/mol. The summed E-state index contributed by atoms with van der Waals surface area (Å²) in [5.41, 5.74) is 0. The Morgan fingerprint density at radius 3 is 1.95 bits per heavy atom. The molecule has 0 bridgehead atoms. The number of rotatable bonds is 9. The third-order valence-electron chi connectivity index (χ3n) is 4.19. The van der Waals surface area contributed by atoms with Crippen LogP contribution in [-0.4, -0.2) is 25.2 Å². The van der Waals surface area contributed by atoms with Gasteiger partial charge in [-0.25, -0.2) is 0 Å². The van der Waals surface area contributed by atoms with Gasteiger partial charge >= 0.3 is 11.9 Å². The summed E-state index contributed by atoms with van der Waals surface area (Å²) in [6.45, 7) is 7.24. The van der Waals surface area contributed by atoms with Gasteiger partial charge in [0, 0.05) is 0 Å². The molecule has 22 heavy (non-hydrogen) atoms. The van der Waals surface area contributed by atoms with Crippen molar-refractivity contribution in [2.24, 2.45) is 17.8 Å². The summed E-state index contributed by atoms with van der Waals surface area (Å²) in [5, 5.41) is 0. The molecule has 1 fully saturated rings. The summed E-state index contributed by atoms with van der Waals surface area (Å²) in [6.07, 6.45) is 7.43. The third-order valence-corrected chi connectivity index (χ3v) is 4.19. The monoisotopic (exact) mass is 312 g/mol. The Hall–Kier alpha value is -1.06. The molecule has 0 aromatic rings. The fourth-order valence-corrected chi connectivity index (χ4v) is 2.75. The minimum Gasteiger partial charge on any atom is -0.465 e. The first-order valence-electron chi connectivity index (χ1n) is 8.87. The fourth-order valence-electron chi connectivity index (χ4n) is 2.75. The van der Waals surface area contributed by atoms with E-state index >= 15 is 0 Å². The lowest BCUT2D eigenvalue weighted by Crippen LogP contribution is -2.29. The van der Waals surface area contributed by atoms with Gasteiger partial charge in [-0.15, -0.1) is 0 Å². The van der Waals surface area contributed by atoms with Crippen LogP contribution < -0.4 is 0 Å². The van der Waals surface area contributed by atoms with Gasteiger partial charge in [0.05, 0.1) is 25.0 Å². The highest BCUT2D eigenvalue weighted by atomic mass is 16.5. The topological polar surface area (TPSA) is 52.6 Å². The zero-order chi connectivity index (χ0) is 16.4. The van der Waals surface area contributed by atoms with E-state index in [9.17, 15) is 9.59 Å². The Kier molecular flexibility index (Phi) is 9.17. The van der Waals surface area contributed by atoms with Crippen LogP contribution >= 0.6 is 0 Å². The van der Waals surface area contributed by atoms with Crippen molar-refractivity contribution in [3.63, 3.8) is 0 Å². The van der Waals surface area contributed by atoms with Crippen LogP contribution in [0.3, 0.4) is 0 Å². The summed E-state index contributed by atoms with van der Waals surface area (Å²) >= 11 is 0. The molecule has 4 heteroatoms. The van der Waals surface area contributed by atoms with Crippen LogP contribution in [0, 0.1) is 17.8 Å². The molecule has 128 valence electrons. The van der Waals surface area contributed by atoms with E-state index in [1.165, 1.54) is 12.8 Å². The van der Waals surface area contributed by atoms with Gasteiger partial charge in [0.15, 0.2) is 0 Å². The van der Waals surface area contributed by atoms with Crippen LogP contribution in [0.5, 0.6) is 0 Å². The van der Waals surface area contributed by atoms with Crippen LogP contribution in [-0.2, 0) is 19.1 Å². The lowest BCUT2D eigenvalue weighted by Gasteiger charge is -2.26. The van der Waals surface area contributed by atoms with Crippen LogP contribution in [0.4, 0.5) is 0 Å². The minimum atomic E-state index is -0.0971. The number of carbonyl (C=O) groups excluding carboxylic acids is 2. The Bertz CT molecular complexity index is 330. The highest BCUT2D eigenvalue weighted by Crippen LogP contribution is 2.30. The van der Waals surface area contributed by atoms with Crippen molar-refractivity contribution in [2.45, 2.75) is 72.1 Å². The van der Waals surface area contributed by atoms with Gasteiger partial charge < -0.3 is 9.47 Å². The quantitative estimate of drug-likeness (QED) is 0.475.